The number of nitrogens with zero attached hydrogens (tertiary/aromatic N) is 3. The summed E-state index contributed by atoms with van der Waals surface area (Å²) in [5, 5.41) is 0. The summed E-state index contributed by atoms with van der Waals surface area (Å²) in [4.78, 5) is 24.5. The second-order valence-corrected chi connectivity index (χ2v) is 12.9. The molecule has 0 radical (unpaired) electrons. The molecule has 0 atom stereocenters. The van der Waals surface area contributed by atoms with E-state index < -0.39 is 29.4 Å². The highest BCUT2D eigenvalue weighted by Crippen LogP contribution is 2.42. The quantitative estimate of drug-likeness (QED) is 0.162. The van der Waals surface area contributed by atoms with Gasteiger partial charge in [0.05, 0.1) is 36.0 Å². The topological polar surface area (TPSA) is 79.4 Å². The molecule has 2 aromatic rings. The summed E-state index contributed by atoms with van der Waals surface area (Å²) in [6.45, 7) is 23.5. The van der Waals surface area contributed by atoms with E-state index in [1.54, 1.807) is 27.0 Å². The summed E-state index contributed by atoms with van der Waals surface area (Å²) in [5.41, 5.74) is 1.82. The Balaban J connectivity index is 0.00000151. The fourth-order valence-corrected chi connectivity index (χ4v) is 5.62. The molecule has 12 heteroatoms. The number of hydrogen-bond acceptors (Lipinski definition) is 6. The highest BCUT2D eigenvalue weighted by Gasteiger charge is 2.38. The number of carbonyl (C=O) groups is 1. The third kappa shape index (κ3) is 11.2. The Hall–Kier alpha value is -3.14. The van der Waals surface area contributed by atoms with E-state index in [1.165, 1.54) is 6.42 Å². The number of esters is 1. The number of nitrogens with one attached hydrogen (secondary N) is 1. The van der Waals surface area contributed by atoms with Crippen molar-refractivity contribution < 1.29 is 32.2 Å². The number of carbonyl (C=O) groups excluding carboxylic acids is 1. The van der Waals surface area contributed by atoms with Gasteiger partial charge >= 0.3 is 12.1 Å². The van der Waals surface area contributed by atoms with E-state index in [2.05, 4.69) is 37.6 Å². The molecule has 3 heterocycles. The van der Waals surface area contributed by atoms with Crippen LogP contribution in [0.25, 0.3) is 5.57 Å². The fraction of sp³-hybridized carbons (Fsp3) is 0.583. The molecule has 8 nitrogen and oxygen atoms in total. The van der Waals surface area contributed by atoms with Gasteiger partial charge in [0.25, 0.3) is 0 Å². The lowest BCUT2D eigenvalue weighted by atomic mass is 9.81. The second kappa shape index (κ2) is 18.6. The number of aromatic amines is 1. The van der Waals surface area contributed by atoms with Crippen molar-refractivity contribution in [3.8, 4) is 5.75 Å². The molecule has 0 amide bonds. The van der Waals surface area contributed by atoms with Gasteiger partial charge in [-0.25, -0.2) is 9.79 Å². The zero-order valence-electron chi connectivity index (χ0n) is 30.2. The van der Waals surface area contributed by atoms with Crippen LogP contribution in [0.2, 0.25) is 0 Å². The smallest absolute Gasteiger partial charge is 0.429 e. The predicted molar refractivity (Wildman–Crippen MR) is 192 cm³/mol. The van der Waals surface area contributed by atoms with Crippen molar-refractivity contribution >= 4 is 37.4 Å². The molecule has 268 valence electrons. The number of aromatic nitrogens is 1. The molecule has 0 spiro atoms. The van der Waals surface area contributed by atoms with Crippen LogP contribution in [0, 0.1) is 6.92 Å². The first-order chi connectivity index (χ1) is 22.6. The van der Waals surface area contributed by atoms with Crippen LogP contribution in [0.15, 0.2) is 35.5 Å². The molecule has 4 rings (SSSR count). The molecule has 0 bridgehead atoms. The van der Waals surface area contributed by atoms with Crippen LogP contribution < -0.4 is 4.74 Å². The molecule has 1 fully saturated rings. The number of aliphatic imine (C=N–C) groups is 1. The van der Waals surface area contributed by atoms with E-state index in [0.29, 0.717) is 35.4 Å². The Bertz CT molecular complexity index is 1410. The molecule has 0 aliphatic carbocycles. The summed E-state index contributed by atoms with van der Waals surface area (Å²) in [5.74, 6) is 0.223. The van der Waals surface area contributed by atoms with Crippen LogP contribution in [-0.2, 0) is 19.7 Å². The van der Waals surface area contributed by atoms with Crippen LogP contribution in [0.5, 0.6) is 5.75 Å². The van der Waals surface area contributed by atoms with Crippen LogP contribution in [0.1, 0.15) is 91.1 Å². The molecule has 2 aliphatic rings. The Morgan fingerprint density at radius 2 is 1.71 bits per heavy atom. The number of halogens is 3. The van der Waals surface area contributed by atoms with Gasteiger partial charge in [0.15, 0.2) is 0 Å². The number of alkyl halides is 3. The summed E-state index contributed by atoms with van der Waals surface area (Å²) in [6.07, 6.45) is -2.04. The largest absolute Gasteiger partial charge is 0.492 e. The first kappa shape index (κ1) is 41.0. The van der Waals surface area contributed by atoms with Crippen molar-refractivity contribution in [2.24, 2.45) is 4.99 Å². The van der Waals surface area contributed by atoms with Gasteiger partial charge < -0.3 is 24.1 Å². The lowest BCUT2D eigenvalue weighted by Crippen LogP contribution is -2.38. The molecule has 2 aliphatic heterocycles. The molecule has 0 saturated carbocycles. The Kier molecular flexibility index (Phi) is 15.9. The Morgan fingerprint density at radius 1 is 1.12 bits per heavy atom. The summed E-state index contributed by atoms with van der Waals surface area (Å²) in [7, 11) is 3.81. The van der Waals surface area contributed by atoms with Gasteiger partial charge in [-0.2, -0.15) is 13.2 Å². The summed E-state index contributed by atoms with van der Waals surface area (Å²) in [6, 6.07) is 7.66. The van der Waals surface area contributed by atoms with Gasteiger partial charge in [-0.15, -0.1) is 0 Å². The lowest BCUT2D eigenvalue weighted by molar-refractivity contribution is -0.140. The number of fused-ring (bicyclic) bond motifs is 1. The van der Waals surface area contributed by atoms with E-state index >= 15 is 0 Å². The number of ether oxygens (including phenoxy) is 3. The van der Waals surface area contributed by atoms with E-state index in [-0.39, 0.29) is 11.4 Å². The third-order valence-corrected chi connectivity index (χ3v) is 8.04. The minimum absolute atomic E-state index is 0.0661. The number of rotatable bonds is 9. The maximum Gasteiger partial charge on any atom is 0.429 e. The van der Waals surface area contributed by atoms with Crippen LogP contribution in [0.3, 0.4) is 0 Å². The first-order valence-corrected chi connectivity index (χ1v) is 17.3. The standard InChI is InChI=1S/C31H40F3N4O4P.C3H8.C2H6/c1-19(2)42-29(39)24-17-38(18-30(5,6)25-20(3)27(36-26(24)25)35-21(4)31(32,33)34)28(43)22-7-9-23(10-8-22)41-16-13-37-11-14-40-15-12-37;1-3-2;1-2/h7-10,17,19,36,43H,11-16,18H2,1-6H3;3H2,1-2H3;1-2H3/b35-21+;;. The molecular weight excluding hydrogens is 640 g/mol. The minimum atomic E-state index is -4.57. The average Bonchev–Trinajstić information content (AvgIpc) is 3.29. The SMILES string of the molecule is C/C(=N\c1[nH]c2c(c1C)C(C)(C)CN(C(=P)c1ccc(OCCN3CCOCC3)cc1)C=C2C(=O)OC(C)C)C(F)(F)F.CC.CCC. The Morgan fingerprint density at radius 3 is 2.25 bits per heavy atom. The number of benzene rings is 1. The van der Waals surface area contributed by atoms with Crippen molar-refractivity contribution in [2.45, 2.75) is 93.4 Å². The highest BCUT2D eigenvalue weighted by atomic mass is 31.0. The van der Waals surface area contributed by atoms with E-state index in [4.69, 9.17) is 14.2 Å². The van der Waals surface area contributed by atoms with Gasteiger partial charge in [-0.1, -0.05) is 56.8 Å². The van der Waals surface area contributed by atoms with E-state index in [1.807, 2.05) is 56.9 Å². The third-order valence-electron chi connectivity index (χ3n) is 7.47. The van der Waals surface area contributed by atoms with Gasteiger partial charge in [0.2, 0.25) is 0 Å². The van der Waals surface area contributed by atoms with Gasteiger partial charge in [-0.3, -0.25) is 4.90 Å². The molecule has 1 N–H and O–H groups in total. The van der Waals surface area contributed by atoms with Crippen molar-refractivity contribution in [1.29, 1.82) is 0 Å². The normalized spacial score (nSPS) is 16.4. The maximum atomic E-state index is 13.4. The molecule has 48 heavy (non-hydrogen) atoms. The number of hydrogen-bond donors (Lipinski definition) is 1. The molecule has 1 aromatic heterocycles. The van der Waals surface area contributed by atoms with Gasteiger partial charge in [-0.05, 0) is 63.1 Å². The lowest BCUT2D eigenvalue weighted by Gasteiger charge is -2.32. The monoisotopic (exact) mass is 694 g/mol. The zero-order chi connectivity index (χ0) is 36.2. The van der Waals surface area contributed by atoms with Crippen molar-refractivity contribution in [1.82, 2.24) is 14.8 Å². The molecule has 0 unspecified atom stereocenters. The van der Waals surface area contributed by atoms with Crippen LogP contribution in [-0.4, -0.2) is 90.2 Å². The van der Waals surface area contributed by atoms with Crippen LogP contribution >= 0.6 is 8.86 Å². The van der Waals surface area contributed by atoms with Gasteiger partial charge in [0.1, 0.15) is 23.9 Å². The maximum absolute atomic E-state index is 13.4. The molecule has 1 saturated heterocycles. The van der Waals surface area contributed by atoms with Crippen LogP contribution in [0.4, 0.5) is 19.0 Å². The number of H-pyrrole nitrogens is 1. The fourth-order valence-electron chi connectivity index (χ4n) is 5.31. The predicted octanol–water partition coefficient (Wildman–Crippen LogP) is 8.34. The molecule has 1 aromatic carbocycles. The van der Waals surface area contributed by atoms with Crippen molar-refractivity contribution in [3.05, 3.63) is 52.8 Å². The minimum Gasteiger partial charge on any atom is -0.492 e. The first-order valence-electron chi connectivity index (χ1n) is 16.8. The van der Waals surface area contributed by atoms with Crippen molar-refractivity contribution in [3.63, 3.8) is 0 Å². The summed E-state index contributed by atoms with van der Waals surface area (Å²) >= 11 is 0. The summed E-state index contributed by atoms with van der Waals surface area (Å²) < 4.78 is 56.9. The zero-order valence-corrected chi connectivity index (χ0v) is 31.2. The Labute approximate surface area is 286 Å². The van der Waals surface area contributed by atoms with Crippen molar-refractivity contribution in [2.75, 3.05) is 46.0 Å². The molecular formula is C36H54F3N4O4P. The van der Waals surface area contributed by atoms with E-state index in [0.717, 1.165) is 51.1 Å². The highest BCUT2D eigenvalue weighted by molar-refractivity contribution is 7.21. The number of morpholine rings is 1. The van der Waals surface area contributed by atoms with Gasteiger partial charge in [0, 0.05) is 43.4 Å². The average molecular weight is 695 g/mol. The second-order valence-electron chi connectivity index (χ2n) is 12.4. The van der Waals surface area contributed by atoms with E-state index in [9.17, 15) is 18.0 Å².